The maximum Gasteiger partial charge on any atom is 0.257 e. The highest BCUT2D eigenvalue weighted by Crippen LogP contribution is 2.30. The Morgan fingerprint density at radius 1 is 1.42 bits per heavy atom. The number of amides is 1. The Morgan fingerprint density at radius 2 is 2.26 bits per heavy atom. The van der Waals surface area contributed by atoms with Crippen LogP contribution in [0.3, 0.4) is 0 Å². The van der Waals surface area contributed by atoms with Gasteiger partial charge in [0.25, 0.3) is 5.91 Å². The summed E-state index contributed by atoms with van der Waals surface area (Å²) in [5.74, 6) is -0.161. The van der Waals surface area contributed by atoms with Gasteiger partial charge in [-0.3, -0.25) is 10.1 Å². The first-order valence-electron chi connectivity index (χ1n) is 5.88. The second-order valence-corrected chi connectivity index (χ2v) is 6.98. The number of aromatic nitrogens is 1. The van der Waals surface area contributed by atoms with Crippen LogP contribution in [0.2, 0.25) is 5.02 Å². The Balaban J connectivity index is 1.78. The average molecular weight is 405 g/mol. The number of thiazole rings is 1. The first-order chi connectivity index (χ1) is 9.13. The van der Waals surface area contributed by atoms with Crippen molar-refractivity contribution in [1.29, 1.82) is 0 Å². The summed E-state index contributed by atoms with van der Waals surface area (Å²) < 4.78 is 0.934. The Labute approximate surface area is 133 Å². The molecule has 19 heavy (non-hydrogen) atoms. The third-order valence-corrected chi connectivity index (χ3v) is 5.64. The molecule has 0 atom stereocenters. The van der Waals surface area contributed by atoms with E-state index in [9.17, 15) is 4.79 Å². The summed E-state index contributed by atoms with van der Waals surface area (Å²) in [7, 11) is 0. The molecule has 1 amide bonds. The van der Waals surface area contributed by atoms with Crippen molar-refractivity contribution in [3.63, 3.8) is 0 Å². The number of nitrogens with zero attached hydrogens (tertiary/aromatic N) is 1. The molecule has 1 aliphatic rings. The lowest BCUT2D eigenvalue weighted by molar-refractivity contribution is 0.102. The molecule has 6 heteroatoms. The van der Waals surface area contributed by atoms with Gasteiger partial charge in [-0.05, 0) is 60.1 Å². The molecule has 2 aromatic rings. The van der Waals surface area contributed by atoms with Crippen molar-refractivity contribution >= 4 is 56.6 Å². The topological polar surface area (TPSA) is 42.0 Å². The standard InChI is InChI=1S/C13H10ClIN2OS/c14-8-6-7(4-5-9(8)15)12(18)17-13-16-10-2-1-3-11(10)19-13/h4-6H,1-3H2,(H,16,17,18). The molecular formula is C13H10ClIN2OS. The van der Waals surface area contributed by atoms with E-state index in [1.807, 2.05) is 6.07 Å². The molecule has 0 saturated heterocycles. The van der Waals surface area contributed by atoms with Gasteiger partial charge in [-0.15, -0.1) is 11.3 Å². The number of aryl methyl sites for hydroxylation is 2. The van der Waals surface area contributed by atoms with Crippen LogP contribution in [0.4, 0.5) is 5.13 Å². The zero-order valence-corrected chi connectivity index (χ0v) is 13.6. The van der Waals surface area contributed by atoms with E-state index in [2.05, 4.69) is 32.9 Å². The van der Waals surface area contributed by atoms with Gasteiger partial charge in [-0.1, -0.05) is 11.6 Å². The van der Waals surface area contributed by atoms with Gasteiger partial charge >= 0.3 is 0 Å². The fraction of sp³-hybridized carbons (Fsp3) is 0.231. The van der Waals surface area contributed by atoms with Gasteiger partial charge in [-0.2, -0.15) is 0 Å². The molecule has 0 aliphatic heterocycles. The summed E-state index contributed by atoms with van der Waals surface area (Å²) in [6.45, 7) is 0. The van der Waals surface area contributed by atoms with Crippen molar-refractivity contribution in [3.05, 3.63) is 42.9 Å². The minimum Gasteiger partial charge on any atom is -0.298 e. The number of rotatable bonds is 2. The molecule has 0 spiro atoms. The second-order valence-electron chi connectivity index (χ2n) is 4.33. The van der Waals surface area contributed by atoms with E-state index in [0.29, 0.717) is 15.7 Å². The Kier molecular flexibility index (Phi) is 3.77. The second kappa shape index (κ2) is 5.38. The molecule has 0 unspecified atom stereocenters. The largest absolute Gasteiger partial charge is 0.298 e. The van der Waals surface area contributed by atoms with E-state index in [-0.39, 0.29) is 5.91 Å². The number of carbonyl (C=O) groups excluding carboxylic acids is 1. The molecule has 98 valence electrons. The Morgan fingerprint density at radius 3 is 3.00 bits per heavy atom. The van der Waals surface area contributed by atoms with Crippen LogP contribution in [0.15, 0.2) is 18.2 Å². The minimum atomic E-state index is -0.161. The van der Waals surface area contributed by atoms with Gasteiger partial charge in [0.2, 0.25) is 0 Å². The average Bonchev–Trinajstić information content (AvgIpc) is 2.93. The zero-order valence-electron chi connectivity index (χ0n) is 9.87. The molecule has 3 rings (SSSR count). The molecule has 1 N–H and O–H groups in total. The van der Waals surface area contributed by atoms with Gasteiger partial charge in [0.05, 0.1) is 10.7 Å². The Hall–Kier alpha value is -0.660. The van der Waals surface area contributed by atoms with Crippen molar-refractivity contribution in [2.24, 2.45) is 0 Å². The molecule has 1 aromatic carbocycles. The molecule has 0 bridgehead atoms. The van der Waals surface area contributed by atoms with E-state index in [0.717, 1.165) is 22.1 Å². The monoisotopic (exact) mass is 404 g/mol. The molecular weight excluding hydrogens is 395 g/mol. The molecule has 1 heterocycles. The van der Waals surface area contributed by atoms with E-state index < -0.39 is 0 Å². The summed E-state index contributed by atoms with van der Waals surface area (Å²) in [5.41, 5.74) is 1.70. The van der Waals surface area contributed by atoms with Crippen molar-refractivity contribution in [2.45, 2.75) is 19.3 Å². The Bertz CT molecular complexity index is 635. The number of hydrogen-bond acceptors (Lipinski definition) is 3. The first kappa shape index (κ1) is 13.3. The summed E-state index contributed by atoms with van der Waals surface area (Å²) in [5, 5.41) is 4.12. The highest BCUT2D eigenvalue weighted by atomic mass is 127. The van der Waals surface area contributed by atoms with Crippen molar-refractivity contribution in [3.8, 4) is 0 Å². The highest BCUT2D eigenvalue weighted by Gasteiger charge is 2.18. The van der Waals surface area contributed by atoms with E-state index in [1.165, 1.54) is 11.3 Å². The van der Waals surface area contributed by atoms with Gasteiger partial charge in [0.15, 0.2) is 5.13 Å². The zero-order chi connectivity index (χ0) is 13.4. The third-order valence-electron chi connectivity index (χ3n) is 3.00. The number of benzene rings is 1. The predicted octanol–water partition coefficient (Wildman–Crippen LogP) is 4.14. The van der Waals surface area contributed by atoms with Crippen LogP contribution in [0.25, 0.3) is 0 Å². The number of hydrogen-bond donors (Lipinski definition) is 1. The van der Waals surface area contributed by atoms with Crippen molar-refractivity contribution < 1.29 is 4.79 Å². The number of fused-ring (bicyclic) bond motifs is 1. The molecule has 0 saturated carbocycles. The van der Waals surface area contributed by atoms with E-state index in [4.69, 9.17) is 11.6 Å². The maximum absolute atomic E-state index is 12.1. The minimum absolute atomic E-state index is 0.161. The third kappa shape index (κ3) is 2.78. The summed E-state index contributed by atoms with van der Waals surface area (Å²) in [4.78, 5) is 17.8. The van der Waals surface area contributed by atoms with Crippen LogP contribution in [0, 0.1) is 3.57 Å². The highest BCUT2D eigenvalue weighted by molar-refractivity contribution is 14.1. The van der Waals surface area contributed by atoms with E-state index >= 15 is 0 Å². The normalized spacial score (nSPS) is 13.4. The fourth-order valence-corrected chi connectivity index (χ4v) is 3.61. The smallest absolute Gasteiger partial charge is 0.257 e. The van der Waals surface area contributed by atoms with Crippen LogP contribution in [0.5, 0.6) is 0 Å². The van der Waals surface area contributed by atoms with Gasteiger partial charge < -0.3 is 0 Å². The van der Waals surface area contributed by atoms with Crippen LogP contribution >= 0.6 is 45.5 Å². The van der Waals surface area contributed by atoms with Crippen LogP contribution < -0.4 is 5.32 Å². The van der Waals surface area contributed by atoms with Crippen LogP contribution in [-0.2, 0) is 12.8 Å². The van der Waals surface area contributed by atoms with Crippen molar-refractivity contribution in [1.82, 2.24) is 4.98 Å². The first-order valence-corrected chi connectivity index (χ1v) is 8.16. The number of halogens is 2. The molecule has 0 radical (unpaired) electrons. The summed E-state index contributed by atoms with van der Waals surface area (Å²) >= 11 is 9.73. The van der Waals surface area contributed by atoms with E-state index in [1.54, 1.807) is 23.5 Å². The van der Waals surface area contributed by atoms with Gasteiger partial charge in [-0.25, -0.2) is 4.98 Å². The molecule has 1 aromatic heterocycles. The van der Waals surface area contributed by atoms with Crippen LogP contribution in [0.1, 0.15) is 27.3 Å². The quantitative estimate of drug-likeness (QED) is 0.764. The van der Waals surface area contributed by atoms with Gasteiger partial charge in [0.1, 0.15) is 0 Å². The molecule has 3 nitrogen and oxygen atoms in total. The fourth-order valence-electron chi connectivity index (χ4n) is 2.05. The van der Waals surface area contributed by atoms with Crippen LogP contribution in [-0.4, -0.2) is 10.9 Å². The van der Waals surface area contributed by atoms with Crippen molar-refractivity contribution in [2.75, 3.05) is 5.32 Å². The SMILES string of the molecule is O=C(Nc1nc2c(s1)CCC2)c1ccc(I)c(Cl)c1. The number of anilines is 1. The molecule has 1 aliphatic carbocycles. The summed E-state index contributed by atoms with van der Waals surface area (Å²) in [6.07, 6.45) is 3.28. The lowest BCUT2D eigenvalue weighted by atomic mass is 10.2. The maximum atomic E-state index is 12.1. The predicted molar refractivity (Wildman–Crippen MR) is 86.3 cm³/mol. The molecule has 0 fully saturated rings. The lowest BCUT2D eigenvalue weighted by Crippen LogP contribution is -2.11. The number of nitrogens with one attached hydrogen (secondary N) is 1. The number of carbonyl (C=O) groups is 1. The summed E-state index contributed by atoms with van der Waals surface area (Å²) in [6, 6.07) is 5.28. The lowest BCUT2D eigenvalue weighted by Gasteiger charge is -2.03. The van der Waals surface area contributed by atoms with Gasteiger partial charge in [0, 0.05) is 14.0 Å².